The Morgan fingerprint density at radius 3 is 2.50 bits per heavy atom. The van der Waals surface area contributed by atoms with Crippen molar-refractivity contribution in [3.63, 3.8) is 0 Å². The Morgan fingerprint density at radius 1 is 1.20 bits per heavy atom. The minimum atomic E-state index is 0.479. The summed E-state index contributed by atoms with van der Waals surface area (Å²) < 4.78 is 9.20. The van der Waals surface area contributed by atoms with Crippen molar-refractivity contribution in [1.29, 1.82) is 0 Å². The molecule has 0 spiro atoms. The van der Waals surface area contributed by atoms with Crippen LogP contribution in [-0.4, -0.2) is 26.8 Å². The van der Waals surface area contributed by atoms with E-state index in [4.69, 9.17) is 4.74 Å². The molecule has 3 nitrogen and oxygen atoms in total. The summed E-state index contributed by atoms with van der Waals surface area (Å²) in [6.07, 6.45) is 2.97. The molecule has 0 aliphatic rings. The molecule has 59 valence electrons. The molecule has 0 heterocycles. The molecule has 0 aromatic heterocycles. The van der Waals surface area contributed by atoms with Gasteiger partial charge in [0.2, 0.25) is 0 Å². The van der Waals surface area contributed by atoms with Crippen LogP contribution < -0.4 is 0 Å². The number of rotatable bonds is 7. The quantitative estimate of drug-likeness (QED) is 0.499. The lowest BCUT2D eigenvalue weighted by Crippen LogP contribution is -1.93. The van der Waals surface area contributed by atoms with Crippen molar-refractivity contribution in [3.05, 3.63) is 0 Å². The summed E-state index contributed by atoms with van der Waals surface area (Å²) in [7, 11) is 1.68. The zero-order valence-electron chi connectivity index (χ0n) is 6.26. The average molecular weight is 145 g/mol. The second-order valence-electron chi connectivity index (χ2n) is 1.99. The van der Waals surface area contributed by atoms with Crippen molar-refractivity contribution < 1.29 is 14.3 Å². The van der Waals surface area contributed by atoms with Crippen molar-refractivity contribution in [3.8, 4) is 0 Å². The highest BCUT2D eigenvalue weighted by Gasteiger charge is 1.88. The lowest BCUT2D eigenvalue weighted by Gasteiger charge is -1.97. The lowest BCUT2D eigenvalue weighted by molar-refractivity contribution is 0.188. The Labute approximate surface area is 61.3 Å². The third kappa shape index (κ3) is 7.43. The maximum Gasteiger partial charge on any atom is 0.417 e. The minimum absolute atomic E-state index is 0.479. The van der Waals surface area contributed by atoms with Crippen LogP contribution in [0.3, 0.4) is 0 Å². The first-order valence-electron chi connectivity index (χ1n) is 3.39. The van der Waals surface area contributed by atoms with Gasteiger partial charge >= 0.3 is 6.47 Å². The summed E-state index contributed by atoms with van der Waals surface area (Å²) in [4.78, 5) is 9.52. The van der Waals surface area contributed by atoms with Gasteiger partial charge in [0.25, 0.3) is 0 Å². The Hall–Kier alpha value is -0.570. The van der Waals surface area contributed by atoms with Gasteiger partial charge in [0.15, 0.2) is 0 Å². The summed E-state index contributed by atoms with van der Waals surface area (Å²) in [5, 5.41) is 0. The second kappa shape index (κ2) is 8.43. The molecule has 0 bridgehead atoms. The standard InChI is InChI=1S/C7H13O3/c1-9-5-3-2-4-6-10-7-8/h2-6H2,1H3. The van der Waals surface area contributed by atoms with Crippen LogP contribution in [0, 0.1) is 0 Å². The van der Waals surface area contributed by atoms with E-state index in [2.05, 4.69) is 4.74 Å². The van der Waals surface area contributed by atoms with Crippen molar-refractivity contribution in [1.82, 2.24) is 0 Å². The summed E-state index contributed by atoms with van der Waals surface area (Å²) in [6, 6.07) is 0. The van der Waals surface area contributed by atoms with Gasteiger partial charge in [-0.05, 0) is 19.3 Å². The average Bonchev–Trinajstić information content (AvgIpc) is 1.97. The van der Waals surface area contributed by atoms with E-state index < -0.39 is 0 Å². The normalized spacial score (nSPS) is 9.30. The van der Waals surface area contributed by atoms with Crippen LogP contribution in [-0.2, 0) is 14.3 Å². The molecule has 0 amide bonds. The molecule has 0 aromatic rings. The van der Waals surface area contributed by atoms with Crippen LogP contribution in [0.15, 0.2) is 0 Å². The van der Waals surface area contributed by atoms with Crippen LogP contribution in [0.5, 0.6) is 0 Å². The summed E-state index contributed by atoms with van der Waals surface area (Å²) in [5.74, 6) is 0. The van der Waals surface area contributed by atoms with E-state index in [9.17, 15) is 4.79 Å². The van der Waals surface area contributed by atoms with Crippen molar-refractivity contribution in [2.45, 2.75) is 19.3 Å². The van der Waals surface area contributed by atoms with Gasteiger partial charge in [0.05, 0.1) is 6.61 Å². The fourth-order valence-electron chi connectivity index (χ4n) is 0.639. The molecule has 0 saturated carbocycles. The highest BCUT2D eigenvalue weighted by Crippen LogP contribution is 1.94. The van der Waals surface area contributed by atoms with Crippen molar-refractivity contribution >= 4 is 6.47 Å². The third-order valence-corrected chi connectivity index (χ3v) is 1.15. The highest BCUT2D eigenvalue weighted by molar-refractivity contribution is 5.37. The van der Waals surface area contributed by atoms with Crippen LogP contribution in [0.2, 0.25) is 0 Å². The highest BCUT2D eigenvalue weighted by atomic mass is 16.5. The van der Waals surface area contributed by atoms with Crippen molar-refractivity contribution in [2.75, 3.05) is 20.3 Å². The van der Waals surface area contributed by atoms with Gasteiger partial charge in [-0.1, -0.05) is 0 Å². The number of hydrogen-bond donors (Lipinski definition) is 0. The Kier molecular flexibility index (Phi) is 7.95. The number of unbranched alkanes of at least 4 members (excludes halogenated alkanes) is 2. The van der Waals surface area contributed by atoms with E-state index in [1.165, 1.54) is 6.47 Å². The zero-order valence-corrected chi connectivity index (χ0v) is 6.26. The molecule has 0 saturated heterocycles. The fraction of sp³-hybridized carbons (Fsp3) is 0.857. The maximum absolute atomic E-state index is 9.52. The van der Waals surface area contributed by atoms with E-state index in [1.54, 1.807) is 7.11 Å². The molecule has 0 N–H and O–H groups in total. The molecular weight excluding hydrogens is 132 g/mol. The molecule has 3 heteroatoms. The molecule has 0 unspecified atom stereocenters. The van der Waals surface area contributed by atoms with E-state index in [1.807, 2.05) is 0 Å². The zero-order chi connectivity index (χ0) is 7.66. The predicted octanol–water partition coefficient (Wildman–Crippen LogP) is 0.887. The van der Waals surface area contributed by atoms with Gasteiger partial charge in [-0.25, -0.2) is 4.79 Å². The number of methoxy groups -OCH3 is 1. The lowest BCUT2D eigenvalue weighted by atomic mass is 10.2. The van der Waals surface area contributed by atoms with Gasteiger partial charge < -0.3 is 9.47 Å². The molecule has 0 aromatic carbocycles. The molecule has 10 heavy (non-hydrogen) atoms. The van der Waals surface area contributed by atoms with E-state index >= 15 is 0 Å². The molecule has 0 atom stereocenters. The van der Waals surface area contributed by atoms with E-state index in [-0.39, 0.29) is 0 Å². The maximum atomic E-state index is 9.52. The van der Waals surface area contributed by atoms with Crippen LogP contribution in [0.1, 0.15) is 19.3 Å². The SMILES string of the molecule is COCCCCCO[C]=O. The van der Waals surface area contributed by atoms with E-state index in [0.29, 0.717) is 6.61 Å². The van der Waals surface area contributed by atoms with Gasteiger partial charge in [0.1, 0.15) is 0 Å². The Balaban J connectivity index is 2.70. The molecule has 0 rings (SSSR count). The van der Waals surface area contributed by atoms with Gasteiger partial charge in [-0.3, -0.25) is 0 Å². The fourth-order valence-corrected chi connectivity index (χ4v) is 0.639. The van der Waals surface area contributed by atoms with Crippen LogP contribution >= 0.6 is 0 Å². The summed E-state index contributed by atoms with van der Waals surface area (Å²) in [5.41, 5.74) is 0. The van der Waals surface area contributed by atoms with Gasteiger partial charge in [-0.15, -0.1) is 0 Å². The van der Waals surface area contributed by atoms with Gasteiger partial charge in [0, 0.05) is 13.7 Å². The summed E-state index contributed by atoms with van der Waals surface area (Å²) >= 11 is 0. The number of ether oxygens (including phenoxy) is 2. The van der Waals surface area contributed by atoms with Crippen LogP contribution in [0.25, 0.3) is 0 Å². The first-order chi connectivity index (χ1) is 4.91. The molecule has 0 fully saturated rings. The first-order valence-corrected chi connectivity index (χ1v) is 3.39. The Morgan fingerprint density at radius 2 is 1.90 bits per heavy atom. The first kappa shape index (κ1) is 9.43. The molecule has 1 radical (unpaired) electrons. The molecule has 0 aliphatic carbocycles. The van der Waals surface area contributed by atoms with Crippen LogP contribution in [0.4, 0.5) is 0 Å². The summed E-state index contributed by atoms with van der Waals surface area (Å²) in [6.45, 7) is 2.64. The van der Waals surface area contributed by atoms with Crippen molar-refractivity contribution in [2.24, 2.45) is 0 Å². The topological polar surface area (TPSA) is 35.5 Å². The minimum Gasteiger partial charge on any atom is -0.457 e. The predicted molar refractivity (Wildman–Crippen MR) is 37.4 cm³/mol. The van der Waals surface area contributed by atoms with E-state index in [0.717, 1.165) is 25.9 Å². The Bertz CT molecular complexity index is 73.3. The monoisotopic (exact) mass is 145 g/mol. The molecule has 0 aliphatic heterocycles. The molecular formula is C7H13O3. The largest absolute Gasteiger partial charge is 0.457 e. The smallest absolute Gasteiger partial charge is 0.417 e. The second-order valence-corrected chi connectivity index (χ2v) is 1.99. The third-order valence-electron chi connectivity index (χ3n) is 1.15. The number of hydrogen-bond acceptors (Lipinski definition) is 3. The number of carbonyl (C=O) groups excluding carboxylic acids is 1. The van der Waals surface area contributed by atoms with Gasteiger partial charge in [-0.2, -0.15) is 0 Å².